The molecule has 24 heavy (non-hydrogen) atoms. The molecule has 0 atom stereocenters. The molecule has 0 radical (unpaired) electrons. The van der Waals surface area contributed by atoms with Crippen molar-refractivity contribution in [1.82, 2.24) is 0 Å². The van der Waals surface area contributed by atoms with Crippen LogP contribution in [-0.4, -0.2) is 12.6 Å². The Morgan fingerprint density at radius 2 is 1.25 bits per heavy atom. The van der Waals surface area contributed by atoms with Crippen LogP contribution in [0.15, 0.2) is 24.3 Å². The minimum Gasteiger partial charge on any atom is -0.466 e. The first kappa shape index (κ1) is 22.9. The maximum atomic E-state index is 11.2. The number of hydrogen-bond acceptors (Lipinski definition) is 2. The monoisotopic (exact) mass is 336 g/mol. The van der Waals surface area contributed by atoms with Gasteiger partial charge in [-0.3, -0.25) is 4.79 Å². The molecule has 0 N–H and O–H groups in total. The number of unbranched alkanes of at least 4 members (excludes halogenated alkanes) is 10. The second-order valence-corrected chi connectivity index (χ2v) is 6.49. The van der Waals surface area contributed by atoms with Crippen molar-refractivity contribution in [2.24, 2.45) is 0 Å². The van der Waals surface area contributed by atoms with Gasteiger partial charge in [-0.1, -0.05) is 76.2 Å². The van der Waals surface area contributed by atoms with Crippen LogP contribution in [0.2, 0.25) is 0 Å². The summed E-state index contributed by atoms with van der Waals surface area (Å²) < 4.78 is 4.91. The number of carbonyl (C=O) groups excluding carboxylic acids is 1. The van der Waals surface area contributed by atoms with Gasteiger partial charge in [0.15, 0.2) is 0 Å². The summed E-state index contributed by atoms with van der Waals surface area (Å²) in [4.78, 5) is 11.2. The summed E-state index contributed by atoms with van der Waals surface area (Å²) in [6, 6.07) is 0. The summed E-state index contributed by atoms with van der Waals surface area (Å²) in [7, 11) is 0. The highest BCUT2D eigenvalue weighted by molar-refractivity contribution is 5.69. The minimum atomic E-state index is -0.0508. The van der Waals surface area contributed by atoms with E-state index in [4.69, 9.17) is 4.74 Å². The van der Waals surface area contributed by atoms with Gasteiger partial charge in [0, 0.05) is 6.42 Å². The normalized spacial score (nSPS) is 11.6. The molecule has 0 aliphatic rings. The molecule has 0 fully saturated rings. The van der Waals surface area contributed by atoms with Gasteiger partial charge in [0.1, 0.15) is 0 Å². The van der Waals surface area contributed by atoms with Gasteiger partial charge in [0.25, 0.3) is 0 Å². The fraction of sp³-hybridized carbons (Fsp3) is 0.773. The minimum absolute atomic E-state index is 0.0508. The smallest absolute Gasteiger partial charge is 0.305 e. The lowest BCUT2D eigenvalue weighted by Gasteiger charge is -2.01. The van der Waals surface area contributed by atoms with Crippen LogP contribution in [0.25, 0.3) is 0 Å². The van der Waals surface area contributed by atoms with Crippen LogP contribution in [0.1, 0.15) is 104 Å². The molecule has 0 amide bonds. The molecular weight excluding hydrogens is 296 g/mol. The average molecular weight is 337 g/mol. The highest BCUT2D eigenvalue weighted by Gasteiger charge is 1.99. The first-order valence-corrected chi connectivity index (χ1v) is 10.3. The molecular formula is C22H40O2. The van der Waals surface area contributed by atoms with E-state index in [0.717, 1.165) is 25.7 Å². The third-order valence-electron chi connectivity index (χ3n) is 4.14. The van der Waals surface area contributed by atoms with Crippen molar-refractivity contribution in [3.63, 3.8) is 0 Å². The summed E-state index contributed by atoms with van der Waals surface area (Å²) in [5, 5.41) is 0. The van der Waals surface area contributed by atoms with Crippen molar-refractivity contribution in [2.45, 2.75) is 104 Å². The number of ether oxygens (including phenoxy) is 1. The van der Waals surface area contributed by atoms with E-state index in [2.05, 4.69) is 31.2 Å². The van der Waals surface area contributed by atoms with Gasteiger partial charge in [-0.2, -0.15) is 0 Å². The van der Waals surface area contributed by atoms with E-state index in [-0.39, 0.29) is 5.97 Å². The molecule has 0 aliphatic carbocycles. The molecule has 0 saturated carbocycles. The summed E-state index contributed by atoms with van der Waals surface area (Å²) in [6.45, 7) is 4.62. The predicted octanol–water partition coefficient (Wildman–Crippen LogP) is 7.14. The molecule has 0 aromatic rings. The Bertz CT molecular complexity index is 318. The van der Waals surface area contributed by atoms with E-state index >= 15 is 0 Å². The Hall–Kier alpha value is -1.05. The molecule has 0 aliphatic heterocycles. The Labute approximate surface area is 150 Å². The van der Waals surface area contributed by atoms with Crippen LogP contribution in [0.3, 0.4) is 0 Å². The van der Waals surface area contributed by atoms with Crippen LogP contribution in [0.5, 0.6) is 0 Å². The fourth-order valence-electron chi connectivity index (χ4n) is 2.67. The van der Waals surface area contributed by atoms with Gasteiger partial charge in [-0.25, -0.2) is 0 Å². The topological polar surface area (TPSA) is 26.3 Å². The third kappa shape index (κ3) is 19.0. The molecule has 0 bridgehead atoms. The summed E-state index contributed by atoms with van der Waals surface area (Å²) >= 11 is 0. The zero-order valence-corrected chi connectivity index (χ0v) is 16.2. The number of carbonyl (C=O) groups is 1. The maximum Gasteiger partial charge on any atom is 0.305 e. The third-order valence-corrected chi connectivity index (χ3v) is 4.14. The van der Waals surface area contributed by atoms with Gasteiger partial charge >= 0.3 is 5.97 Å². The molecule has 0 aromatic carbocycles. The van der Waals surface area contributed by atoms with E-state index in [0.29, 0.717) is 13.0 Å². The van der Waals surface area contributed by atoms with Gasteiger partial charge < -0.3 is 4.74 Å². The van der Waals surface area contributed by atoms with Crippen molar-refractivity contribution in [3.8, 4) is 0 Å². The molecule has 0 heterocycles. The lowest BCUT2D eigenvalue weighted by molar-refractivity contribution is -0.143. The number of rotatable bonds is 17. The molecule has 0 saturated heterocycles. The first-order valence-electron chi connectivity index (χ1n) is 10.3. The highest BCUT2D eigenvalue weighted by atomic mass is 16.5. The highest BCUT2D eigenvalue weighted by Crippen LogP contribution is 2.08. The van der Waals surface area contributed by atoms with Crippen molar-refractivity contribution < 1.29 is 9.53 Å². The van der Waals surface area contributed by atoms with Gasteiger partial charge in [-0.05, 0) is 45.4 Å². The van der Waals surface area contributed by atoms with Crippen LogP contribution in [0.4, 0.5) is 0 Å². The fourth-order valence-corrected chi connectivity index (χ4v) is 2.67. The van der Waals surface area contributed by atoms with E-state index in [1.54, 1.807) is 0 Å². The quantitative estimate of drug-likeness (QED) is 0.160. The number of hydrogen-bond donors (Lipinski definition) is 0. The zero-order chi connectivity index (χ0) is 17.7. The van der Waals surface area contributed by atoms with Gasteiger partial charge in [0.2, 0.25) is 0 Å². The van der Waals surface area contributed by atoms with Crippen molar-refractivity contribution in [2.75, 3.05) is 6.61 Å². The zero-order valence-electron chi connectivity index (χ0n) is 16.2. The Balaban J connectivity index is 3.23. The maximum absolute atomic E-state index is 11.2. The van der Waals surface area contributed by atoms with Gasteiger partial charge in [0.05, 0.1) is 6.61 Å². The Kier molecular flexibility index (Phi) is 19.1. The van der Waals surface area contributed by atoms with Crippen LogP contribution < -0.4 is 0 Å². The summed E-state index contributed by atoms with van der Waals surface area (Å²) in [5.74, 6) is -0.0508. The second kappa shape index (κ2) is 20.0. The van der Waals surface area contributed by atoms with Crippen LogP contribution in [-0.2, 0) is 9.53 Å². The number of esters is 1. The van der Waals surface area contributed by atoms with Crippen molar-refractivity contribution >= 4 is 5.97 Å². The van der Waals surface area contributed by atoms with E-state index < -0.39 is 0 Å². The van der Waals surface area contributed by atoms with E-state index in [1.807, 2.05) is 6.92 Å². The van der Waals surface area contributed by atoms with Crippen molar-refractivity contribution in [1.29, 1.82) is 0 Å². The molecule has 140 valence electrons. The first-order chi connectivity index (χ1) is 11.8. The second-order valence-electron chi connectivity index (χ2n) is 6.49. The summed E-state index contributed by atoms with van der Waals surface area (Å²) in [5.41, 5.74) is 0. The SMILES string of the molecule is CCCCCCCCC=CC/C=C\CCCCCCC(=O)OCC. The standard InChI is InChI=1S/C22H40O2/c1-3-5-6-7-8-9-10-11-12-13-14-15-16-17-18-19-20-21-22(23)24-4-2/h11-12,14-15H,3-10,13,16-21H2,1-2H3/b12-11?,15-14-. The van der Waals surface area contributed by atoms with Crippen molar-refractivity contribution in [3.05, 3.63) is 24.3 Å². The Morgan fingerprint density at radius 3 is 1.83 bits per heavy atom. The molecule has 0 rings (SSSR count). The summed E-state index contributed by atoms with van der Waals surface area (Å²) in [6.07, 6.45) is 26.0. The Morgan fingerprint density at radius 1 is 0.708 bits per heavy atom. The lowest BCUT2D eigenvalue weighted by Crippen LogP contribution is -2.02. The average Bonchev–Trinajstić information content (AvgIpc) is 2.58. The molecule has 2 heteroatoms. The number of allylic oxidation sites excluding steroid dienone is 4. The van der Waals surface area contributed by atoms with E-state index in [1.165, 1.54) is 57.8 Å². The molecule has 0 aromatic heterocycles. The van der Waals surface area contributed by atoms with Gasteiger partial charge in [-0.15, -0.1) is 0 Å². The van der Waals surface area contributed by atoms with Crippen LogP contribution >= 0.6 is 0 Å². The largest absolute Gasteiger partial charge is 0.466 e. The van der Waals surface area contributed by atoms with Crippen LogP contribution in [0, 0.1) is 0 Å². The molecule has 0 spiro atoms. The molecule has 0 unspecified atom stereocenters. The predicted molar refractivity (Wildman–Crippen MR) is 105 cm³/mol. The lowest BCUT2D eigenvalue weighted by atomic mass is 10.1. The van der Waals surface area contributed by atoms with E-state index in [9.17, 15) is 4.79 Å². The molecule has 2 nitrogen and oxygen atoms in total.